The van der Waals surface area contributed by atoms with E-state index in [9.17, 15) is 14.4 Å². The molecule has 1 heterocycles. The SMILES string of the molecule is CC(=O)Nc1cc(NC(C)=O)cc(C(=O)NCc2ccncc2)c1. The Morgan fingerprint density at radius 2 is 1.46 bits per heavy atom. The van der Waals surface area contributed by atoms with Gasteiger partial charge in [-0.05, 0) is 35.9 Å². The van der Waals surface area contributed by atoms with Gasteiger partial charge in [-0.3, -0.25) is 19.4 Å². The number of amides is 3. The summed E-state index contributed by atoms with van der Waals surface area (Å²) in [6, 6.07) is 8.29. The number of carbonyl (C=O) groups is 3. The van der Waals surface area contributed by atoms with Crippen molar-refractivity contribution in [1.82, 2.24) is 10.3 Å². The highest BCUT2D eigenvalue weighted by molar-refractivity contribution is 5.99. The summed E-state index contributed by atoms with van der Waals surface area (Å²) >= 11 is 0. The smallest absolute Gasteiger partial charge is 0.251 e. The number of benzene rings is 1. The average molecular weight is 326 g/mol. The van der Waals surface area contributed by atoms with Gasteiger partial charge in [0.1, 0.15) is 0 Å². The molecule has 0 aliphatic heterocycles. The van der Waals surface area contributed by atoms with Crippen LogP contribution in [0.2, 0.25) is 0 Å². The third kappa shape index (κ3) is 5.20. The quantitative estimate of drug-likeness (QED) is 0.781. The molecule has 0 atom stereocenters. The van der Waals surface area contributed by atoms with Crippen molar-refractivity contribution in [2.75, 3.05) is 10.6 Å². The minimum atomic E-state index is -0.314. The average Bonchev–Trinajstić information content (AvgIpc) is 2.52. The van der Waals surface area contributed by atoms with Gasteiger partial charge in [-0.1, -0.05) is 0 Å². The topological polar surface area (TPSA) is 100 Å². The van der Waals surface area contributed by atoms with Gasteiger partial charge in [-0.15, -0.1) is 0 Å². The van der Waals surface area contributed by atoms with E-state index in [2.05, 4.69) is 20.9 Å². The standard InChI is InChI=1S/C17H18N4O3/c1-11(22)20-15-7-14(8-16(9-15)21-12(2)23)17(24)19-10-13-3-5-18-6-4-13/h3-9H,10H2,1-2H3,(H,19,24)(H,20,22)(H,21,23). The van der Waals surface area contributed by atoms with Crippen molar-refractivity contribution >= 4 is 29.1 Å². The van der Waals surface area contributed by atoms with E-state index in [0.717, 1.165) is 5.56 Å². The normalized spacial score (nSPS) is 9.92. The summed E-state index contributed by atoms with van der Waals surface area (Å²) in [5.41, 5.74) is 2.11. The number of nitrogens with zero attached hydrogens (tertiary/aromatic N) is 1. The maximum absolute atomic E-state index is 12.3. The van der Waals surface area contributed by atoms with Crippen molar-refractivity contribution < 1.29 is 14.4 Å². The van der Waals surface area contributed by atoms with Gasteiger partial charge in [0.05, 0.1) is 0 Å². The zero-order valence-corrected chi connectivity index (χ0v) is 13.4. The van der Waals surface area contributed by atoms with Crippen molar-refractivity contribution in [3.63, 3.8) is 0 Å². The van der Waals surface area contributed by atoms with Crippen LogP contribution in [0.25, 0.3) is 0 Å². The highest BCUT2D eigenvalue weighted by Gasteiger charge is 2.10. The fraction of sp³-hybridized carbons (Fsp3) is 0.176. The lowest BCUT2D eigenvalue weighted by molar-refractivity contribution is -0.115. The van der Waals surface area contributed by atoms with Gasteiger partial charge in [0.15, 0.2) is 0 Å². The third-order valence-corrected chi connectivity index (χ3v) is 3.04. The van der Waals surface area contributed by atoms with Crippen LogP contribution in [0.5, 0.6) is 0 Å². The van der Waals surface area contributed by atoms with E-state index in [-0.39, 0.29) is 17.7 Å². The molecule has 0 unspecified atom stereocenters. The first-order chi connectivity index (χ1) is 11.4. The Morgan fingerprint density at radius 3 is 1.96 bits per heavy atom. The van der Waals surface area contributed by atoms with E-state index in [1.54, 1.807) is 42.7 Å². The molecule has 0 saturated heterocycles. The first-order valence-corrected chi connectivity index (χ1v) is 7.31. The molecule has 2 rings (SSSR count). The van der Waals surface area contributed by atoms with Crippen molar-refractivity contribution in [3.05, 3.63) is 53.9 Å². The Bertz CT molecular complexity index is 725. The molecule has 3 amide bonds. The maximum atomic E-state index is 12.3. The molecule has 124 valence electrons. The Balaban J connectivity index is 2.18. The summed E-state index contributed by atoms with van der Waals surface area (Å²) < 4.78 is 0. The van der Waals surface area contributed by atoms with Crippen LogP contribution in [0.4, 0.5) is 11.4 Å². The van der Waals surface area contributed by atoms with Gasteiger partial charge in [0.25, 0.3) is 5.91 Å². The lowest BCUT2D eigenvalue weighted by Gasteiger charge is -2.11. The lowest BCUT2D eigenvalue weighted by atomic mass is 10.1. The molecule has 0 bridgehead atoms. The second-order valence-electron chi connectivity index (χ2n) is 5.20. The number of hydrogen-bond acceptors (Lipinski definition) is 4. The molecule has 2 aromatic rings. The predicted molar refractivity (Wildman–Crippen MR) is 90.5 cm³/mol. The number of pyridine rings is 1. The number of nitrogens with one attached hydrogen (secondary N) is 3. The zero-order chi connectivity index (χ0) is 17.5. The Labute approximate surface area is 139 Å². The molecule has 3 N–H and O–H groups in total. The van der Waals surface area contributed by atoms with Crippen molar-refractivity contribution in [1.29, 1.82) is 0 Å². The fourth-order valence-corrected chi connectivity index (χ4v) is 2.09. The summed E-state index contributed by atoms with van der Waals surface area (Å²) in [5.74, 6) is -0.846. The number of carbonyl (C=O) groups excluding carboxylic acids is 3. The van der Waals surface area contributed by atoms with Crippen LogP contribution in [0, 0.1) is 0 Å². The van der Waals surface area contributed by atoms with Crippen LogP contribution in [0.15, 0.2) is 42.7 Å². The van der Waals surface area contributed by atoms with Gasteiger partial charge in [0, 0.05) is 49.7 Å². The maximum Gasteiger partial charge on any atom is 0.251 e. The van der Waals surface area contributed by atoms with Crippen LogP contribution in [0.1, 0.15) is 29.8 Å². The molecule has 0 radical (unpaired) electrons. The Hall–Kier alpha value is -3.22. The molecule has 7 heteroatoms. The first kappa shape index (κ1) is 17.1. The molecule has 24 heavy (non-hydrogen) atoms. The molecule has 1 aromatic heterocycles. The molecule has 0 fully saturated rings. The summed E-state index contributed by atoms with van der Waals surface area (Å²) in [5, 5.41) is 8.00. The van der Waals surface area contributed by atoms with Crippen molar-refractivity contribution in [2.45, 2.75) is 20.4 Å². The predicted octanol–water partition coefficient (Wildman–Crippen LogP) is 1.93. The molecule has 0 aliphatic rings. The highest BCUT2D eigenvalue weighted by atomic mass is 16.2. The van der Waals surface area contributed by atoms with Crippen LogP contribution in [-0.2, 0) is 16.1 Å². The van der Waals surface area contributed by atoms with E-state index in [1.807, 2.05) is 0 Å². The first-order valence-electron chi connectivity index (χ1n) is 7.31. The van der Waals surface area contributed by atoms with E-state index < -0.39 is 0 Å². The summed E-state index contributed by atoms with van der Waals surface area (Å²) in [7, 11) is 0. The second-order valence-corrected chi connectivity index (χ2v) is 5.20. The van der Waals surface area contributed by atoms with E-state index >= 15 is 0 Å². The monoisotopic (exact) mass is 326 g/mol. The molecular formula is C17H18N4O3. The summed E-state index contributed by atoms with van der Waals surface area (Å²) in [6.07, 6.45) is 3.29. The second kappa shape index (κ2) is 7.87. The van der Waals surface area contributed by atoms with Crippen LogP contribution >= 0.6 is 0 Å². The van der Waals surface area contributed by atoms with Gasteiger partial charge < -0.3 is 16.0 Å². The van der Waals surface area contributed by atoms with Crippen molar-refractivity contribution in [2.24, 2.45) is 0 Å². The molecule has 0 aliphatic carbocycles. The highest BCUT2D eigenvalue weighted by Crippen LogP contribution is 2.19. The Kier molecular flexibility index (Phi) is 5.62. The van der Waals surface area contributed by atoms with Crippen LogP contribution < -0.4 is 16.0 Å². The molecule has 0 spiro atoms. The minimum absolute atomic E-state index is 0.266. The Morgan fingerprint density at radius 1 is 0.917 bits per heavy atom. The van der Waals surface area contributed by atoms with Gasteiger partial charge in [-0.25, -0.2) is 0 Å². The number of hydrogen-bond donors (Lipinski definition) is 3. The van der Waals surface area contributed by atoms with Gasteiger partial charge in [-0.2, -0.15) is 0 Å². The lowest BCUT2D eigenvalue weighted by Crippen LogP contribution is -2.23. The molecular weight excluding hydrogens is 308 g/mol. The van der Waals surface area contributed by atoms with Crippen LogP contribution in [-0.4, -0.2) is 22.7 Å². The van der Waals surface area contributed by atoms with Gasteiger partial charge >= 0.3 is 0 Å². The number of anilines is 2. The number of rotatable bonds is 5. The number of aromatic nitrogens is 1. The van der Waals surface area contributed by atoms with Crippen LogP contribution in [0.3, 0.4) is 0 Å². The van der Waals surface area contributed by atoms with Crippen molar-refractivity contribution in [3.8, 4) is 0 Å². The third-order valence-electron chi connectivity index (χ3n) is 3.04. The molecule has 7 nitrogen and oxygen atoms in total. The summed E-state index contributed by atoms with van der Waals surface area (Å²) in [6.45, 7) is 3.09. The molecule has 0 saturated carbocycles. The fourth-order valence-electron chi connectivity index (χ4n) is 2.09. The zero-order valence-electron chi connectivity index (χ0n) is 13.4. The summed E-state index contributed by atoms with van der Waals surface area (Å²) in [4.78, 5) is 38.7. The largest absolute Gasteiger partial charge is 0.348 e. The van der Waals surface area contributed by atoms with E-state index in [4.69, 9.17) is 0 Å². The minimum Gasteiger partial charge on any atom is -0.348 e. The van der Waals surface area contributed by atoms with Gasteiger partial charge in [0.2, 0.25) is 11.8 Å². The van der Waals surface area contributed by atoms with E-state index in [0.29, 0.717) is 23.5 Å². The molecule has 1 aromatic carbocycles. The van der Waals surface area contributed by atoms with E-state index in [1.165, 1.54) is 13.8 Å².